The molecular formula is C14H19N3O. The first-order chi connectivity index (χ1) is 8.78. The highest BCUT2D eigenvalue weighted by Gasteiger charge is 2.15. The van der Waals surface area contributed by atoms with Crippen LogP contribution in [-0.2, 0) is 0 Å². The zero-order chi connectivity index (χ0) is 12.8. The standard InChI is InChI=1S/C14H19N3O/c15-9-12-3-5-13(6-4-12)16-10-14(18)11-17-7-1-2-8-17/h3-6,14,16,18H,1-2,7-8,10-11H2. The van der Waals surface area contributed by atoms with Gasteiger partial charge in [-0.25, -0.2) is 0 Å². The smallest absolute Gasteiger partial charge is 0.0991 e. The summed E-state index contributed by atoms with van der Waals surface area (Å²) in [6.45, 7) is 3.49. The molecule has 0 bridgehead atoms. The fraction of sp³-hybridized carbons (Fsp3) is 0.500. The highest BCUT2D eigenvalue weighted by atomic mass is 16.3. The Morgan fingerprint density at radius 3 is 2.56 bits per heavy atom. The average Bonchev–Trinajstić information content (AvgIpc) is 2.90. The zero-order valence-corrected chi connectivity index (χ0v) is 10.5. The van der Waals surface area contributed by atoms with E-state index in [1.807, 2.05) is 12.1 Å². The van der Waals surface area contributed by atoms with E-state index in [9.17, 15) is 5.11 Å². The van der Waals surface area contributed by atoms with Crippen molar-refractivity contribution in [2.24, 2.45) is 0 Å². The first-order valence-corrected chi connectivity index (χ1v) is 6.42. The van der Waals surface area contributed by atoms with Crippen LogP contribution in [0.4, 0.5) is 5.69 Å². The molecule has 1 atom stereocenters. The normalized spacial score (nSPS) is 17.3. The number of benzene rings is 1. The molecule has 1 saturated heterocycles. The average molecular weight is 245 g/mol. The van der Waals surface area contributed by atoms with E-state index in [-0.39, 0.29) is 6.10 Å². The summed E-state index contributed by atoms with van der Waals surface area (Å²) in [6, 6.07) is 9.35. The third kappa shape index (κ3) is 3.73. The van der Waals surface area contributed by atoms with Gasteiger partial charge in [-0.15, -0.1) is 0 Å². The van der Waals surface area contributed by atoms with Crippen LogP contribution in [0.15, 0.2) is 24.3 Å². The molecule has 0 amide bonds. The van der Waals surface area contributed by atoms with Crippen LogP contribution >= 0.6 is 0 Å². The van der Waals surface area contributed by atoms with Crippen LogP contribution in [0.25, 0.3) is 0 Å². The Kier molecular flexibility index (Phi) is 4.57. The molecule has 1 aromatic rings. The van der Waals surface area contributed by atoms with E-state index in [0.717, 1.165) is 25.3 Å². The molecule has 0 spiro atoms. The topological polar surface area (TPSA) is 59.3 Å². The van der Waals surface area contributed by atoms with Crippen LogP contribution in [0.5, 0.6) is 0 Å². The minimum atomic E-state index is -0.348. The molecule has 1 fully saturated rings. The molecule has 0 saturated carbocycles. The maximum Gasteiger partial charge on any atom is 0.0991 e. The number of nitriles is 1. The van der Waals surface area contributed by atoms with Gasteiger partial charge in [0.25, 0.3) is 0 Å². The number of rotatable bonds is 5. The number of aliphatic hydroxyl groups is 1. The first kappa shape index (κ1) is 12.9. The SMILES string of the molecule is N#Cc1ccc(NCC(O)CN2CCCC2)cc1. The molecule has 1 aromatic carbocycles. The molecule has 18 heavy (non-hydrogen) atoms. The van der Waals surface area contributed by atoms with E-state index >= 15 is 0 Å². The van der Waals surface area contributed by atoms with Crippen molar-refractivity contribution in [2.45, 2.75) is 18.9 Å². The van der Waals surface area contributed by atoms with Gasteiger partial charge in [-0.2, -0.15) is 5.26 Å². The highest BCUT2D eigenvalue weighted by molar-refractivity contribution is 5.47. The molecule has 1 aliphatic heterocycles. The molecule has 1 heterocycles. The third-order valence-electron chi connectivity index (χ3n) is 3.22. The van der Waals surface area contributed by atoms with Crippen molar-refractivity contribution < 1.29 is 5.11 Å². The Balaban J connectivity index is 1.74. The summed E-state index contributed by atoms with van der Waals surface area (Å²) in [5, 5.41) is 21.8. The quantitative estimate of drug-likeness (QED) is 0.824. The molecule has 4 nitrogen and oxygen atoms in total. The maximum atomic E-state index is 9.92. The van der Waals surface area contributed by atoms with Gasteiger partial charge in [-0.05, 0) is 50.2 Å². The summed E-state index contributed by atoms with van der Waals surface area (Å²) in [7, 11) is 0. The van der Waals surface area contributed by atoms with Gasteiger partial charge in [0.1, 0.15) is 0 Å². The lowest BCUT2D eigenvalue weighted by atomic mass is 10.2. The molecule has 0 aromatic heterocycles. The molecule has 4 heteroatoms. The van der Waals surface area contributed by atoms with Gasteiger partial charge < -0.3 is 15.3 Å². The van der Waals surface area contributed by atoms with Gasteiger partial charge >= 0.3 is 0 Å². The van der Waals surface area contributed by atoms with Crippen LogP contribution in [0.3, 0.4) is 0 Å². The molecule has 0 aliphatic carbocycles. The van der Waals surface area contributed by atoms with Gasteiger partial charge in [0.2, 0.25) is 0 Å². The lowest BCUT2D eigenvalue weighted by Crippen LogP contribution is -2.34. The van der Waals surface area contributed by atoms with Crippen molar-refractivity contribution in [3.05, 3.63) is 29.8 Å². The third-order valence-corrected chi connectivity index (χ3v) is 3.22. The molecule has 1 unspecified atom stereocenters. The molecule has 96 valence electrons. The number of hydrogen-bond donors (Lipinski definition) is 2. The number of nitrogens with zero attached hydrogens (tertiary/aromatic N) is 2. The van der Waals surface area contributed by atoms with Gasteiger partial charge in [0.15, 0.2) is 0 Å². The van der Waals surface area contributed by atoms with E-state index in [4.69, 9.17) is 5.26 Å². The lowest BCUT2D eigenvalue weighted by molar-refractivity contribution is 0.135. The Morgan fingerprint density at radius 2 is 1.94 bits per heavy atom. The van der Waals surface area contributed by atoms with Crippen molar-refractivity contribution in [3.63, 3.8) is 0 Å². The Morgan fingerprint density at radius 1 is 1.28 bits per heavy atom. The van der Waals surface area contributed by atoms with Gasteiger partial charge in [-0.3, -0.25) is 0 Å². The Bertz CT molecular complexity index is 404. The van der Waals surface area contributed by atoms with E-state index < -0.39 is 0 Å². The molecule has 1 aliphatic rings. The lowest BCUT2D eigenvalue weighted by Gasteiger charge is -2.20. The summed E-state index contributed by atoms with van der Waals surface area (Å²) < 4.78 is 0. The fourth-order valence-electron chi connectivity index (χ4n) is 2.23. The van der Waals surface area contributed by atoms with Crippen LogP contribution in [0.2, 0.25) is 0 Å². The number of hydrogen-bond acceptors (Lipinski definition) is 4. The van der Waals surface area contributed by atoms with Crippen molar-refractivity contribution in [1.29, 1.82) is 5.26 Å². The summed E-state index contributed by atoms with van der Waals surface area (Å²) in [4.78, 5) is 2.30. The van der Waals surface area contributed by atoms with Gasteiger partial charge in [0.05, 0.1) is 17.7 Å². The summed E-state index contributed by atoms with van der Waals surface area (Å²) in [5.74, 6) is 0. The summed E-state index contributed by atoms with van der Waals surface area (Å²) in [6.07, 6.45) is 2.14. The minimum absolute atomic E-state index is 0.348. The largest absolute Gasteiger partial charge is 0.390 e. The Hall–Kier alpha value is -1.57. The van der Waals surface area contributed by atoms with E-state index in [0.29, 0.717) is 12.1 Å². The minimum Gasteiger partial charge on any atom is -0.390 e. The first-order valence-electron chi connectivity index (χ1n) is 6.42. The van der Waals surface area contributed by atoms with Gasteiger partial charge in [-0.1, -0.05) is 0 Å². The number of aliphatic hydroxyl groups excluding tert-OH is 1. The monoisotopic (exact) mass is 245 g/mol. The fourth-order valence-corrected chi connectivity index (χ4v) is 2.23. The highest BCUT2D eigenvalue weighted by Crippen LogP contribution is 2.10. The van der Waals surface area contributed by atoms with Crippen LogP contribution in [0, 0.1) is 11.3 Å². The van der Waals surface area contributed by atoms with Crippen LogP contribution < -0.4 is 5.32 Å². The Labute approximate surface area is 108 Å². The zero-order valence-electron chi connectivity index (χ0n) is 10.5. The number of anilines is 1. The molecule has 0 radical (unpaired) electrons. The molecule has 2 rings (SSSR count). The number of likely N-dealkylation sites (tertiary alicyclic amines) is 1. The number of β-amino-alcohol motifs (C(OH)–C–C–N with tert-alkyl or cyclic N) is 1. The molecular weight excluding hydrogens is 226 g/mol. The summed E-state index contributed by atoms with van der Waals surface area (Å²) >= 11 is 0. The van der Waals surface area contributed by atoms with E-state index in [1.165, 1.54) is 12.8 Å². The van der Waals surface area contributed by atoms with Crippen molar-refractivity contribution >= 4 is 5.69 Å². The van der Waals surface area contributed by atoms with E-state index in [2.05, 4.69) is 16.3 Å². The van der Waals surface area contributed by atoms with Crippen molar-refractivity contribution in [3.8, 4) is 6.07 Å². The van der Waals surface area contributed by atoms with Crippen LogP contribution in [-0.4, -0.2) is 42.3 Å². The second-order valence-electron chi connectivity index (χ2n) is 4.73. The second kappa shape index (κ2) is 6.39. The predicted octanol–water partition coefficient (Wildman–Crippen LogP) is 1.43. The number of nitrogens with one attached hydrogen (secondary N) is 1. The van der Waals surface area contributed by atoms with Crippen molar-refractivity contribution in [2.75, 3.05) is 31.5 Å². The summed E-state index contributed by atoms with van der Waals surface area (Å²) in [5.41, 5.74) is 1.59. The van der Waals surface area contributed by atoms with Crippen LogP contribution in [0.1, 0.15) is 18.4 Å². The van der Waals surface area contributed by atoms with E-state index in [1.54, 1.807) is 12.1 Å². The second-order valence-corrected chi connectivity index (χ2v) is 4.73. The van der Waals surface area contributed by atoms with Crippen molar-refractivity contribution in [1.82, 2.24) is 4.90 Å². The van der Waals surface area contributed by atoms with Gasteiger partial charge in [0, 0.05) is 18.8 Å². The maximum absolute atomic E-state index is 9.92. The molecule has 2 N–H and O–H groups in total. The predicted molar refractivity (Wildman–Crippen MR) is 71.3 cm³/mol.